The van der Waals surface area contributed by atoms with Gasteiger partial charge in [-0.15, -0.1) is 0 Å². The molecular weight excluding hydrogens is 204 g/mol. The van der Waals surface area contributed by atoms with Gasteiger partial charge in [0.05, 0.1) is 12.2 Å². The van der Waals surface area contributed by atoms with Crippen LogP contribution in [-0.4, -0.2) is 29.4 Å². The smallest absolute Gasteiger partial charge is 0.0949 e. The van der Waals surface area contributed by atoms with Crippen LogP contribution in [0.15, 0.2) is 18.5 Å². The van der Waals surface area contributed by atoms with Gasteiger partial charge in [-0.3, -0.25) is 4.98 Å². The van der Waals surface area contributed by atoms with Gasteiger partial charge in [-0.2, -0.15) is 0 Å². The molecule has 0 aromatic carbocycles. The van der Waals surface area contributed by atoms with Crippen LogP contribution in [-0.2, 0) is 11.2 Å². The van der Waals surface area contributed by atoms with Gasteiger partial charge in [0.15, 0.2) is 0 Å². The van der Waals surface area contributed by atoms with E-state index in [4.69, 9.17) is 10.5 Å². The van der Waals surface area contributed by atoms with E-state index < -0.39 is 5.60 Å². The van der Waals surface area contributed by atoms with E-state index in [2.05, 4.69) is 4.98 Å². The Labute approximate surface area is 95.4 Å². The first-order chi connectivity index (χ1) is 7.65. The van der Waals surface area contributed by atoms with Crippen LogP contribution in [0.3, 0.4) is 0 Å². The molecule has 88 valence electrons. The lowest BCUT2D eigenvalue weighted by Gasteiger charge is -2.27. The van der Waals surface area contributed by atoms with Crippen LogP contribution in [0.2, 0.25) is 0 Å². The molecule has 2 rings (SSSR count). The standard InChI is InChI=1S/C12H18N2O2/c1-16-8-12(15,10-2-3-10)6-9-7-14-5-4-11(9)13/h4-5,7,10,15H,2-3,6,8H2,1H3,(H2,13,14). The molecule has 1 aliphatic carbocycles. The van der Waals surface area contributed by atoms with Crippen molar-refractivity contribution >= 4 is 5.69 Å². The summed E-state index contributed by atoms with van der Waals surface area (Å²) in [5, 5.41) is 10.5. The molecule has 0 amide bonds. The van der Waals surface area contributed by atoms with Crippen molar-refractivity contribution in [3.63, 3.8) is 0 Å². The highest BCUT2D eigenvalue weighted by Crippen LogP contribution is 2.42. The summed E-state index contributed by atoms with van der Waals surface area (Å²) in [7, 11) is 1.61. The fraction of sp³-hybridized carbons (Fsp3) is 0.583. The number of rotatable bonds is 5. The highest BCUT2D eigenvalue weighted by molar-refractivity contribution is 5.45. The van der Waals surface area contributed by atoms with Gasteiger partial charge in [-0.05, 0) is 30.4 Å². The molecule has 16 heavy (non-hydrogen) atoms. The van der Waals surface area contributed by atoms with Crippen LogP contribution in [0.5, 0.6) is 0 Å². The molecule has 0 bridgehead atoms. The third-order valence-electron chi connectivity index (χ3n) is 3.17. The maximum atomic E-state index is 10.5. The Balaban J connectivity index is 2.14. The molecule has 1 atom stereocenters. The topological polar surface area (TPSA) is 68.4 Å². The van der Waals surface area contributed by atoms with Gasteiger partial charge in [0.2, 0.25) is 0 Å². The normalized spacial score (nSPS) is 19.4. The summed E-state index contributed by atoms with van der Waals surface area (Å²) in [4.78, 5) is 4.04. The molecule has 4 nitrogen and oxygen atoms in total. The van der Waals surface area contributed by atoms with Gasteiger partial charge in [0.25, 0.3) is 0 Å². The van der Waals surface area contributed by atoms with Crippen molar-refractivity contribution in [2.24, 2.45) is 5.92 Å². The van der Waals surface area contributed by atoms with Crippen LogP contribution < -0.4 is 5.73 Å². The SMILES string of the molecule is COCC(O)(Cc1cnccc1N)C1CC1. The van der Waals surface area contributed by atoms with E-state index in [1.54, 1.807) is 25.6 Å². The largest absolute Gasteiger partial charge is 0.398 e. The molecule has 1 aromatic rings. The third kappa shape index (κ3) is 2.33. The fourth-order valence-electron chi connectivity index (χ4n) is 2.10. The van der Waals surface area contributed by atoms with E-state index in [1.807, 2.05) is 0 Å². The Morgan fingerprint density at radius 1 is 1.62 bits per heavy atom. The number of nitrogens with zero attached hydrogens (tertiary/aromatic N) is 1. The first-order valence-corrected chi connectivity index (χ1v) is 5.55. The summed E-state index contributed by atoms with van der Waals surface area (Å²) in [6.45, 7) is 0.353. The van der Waals surface area contributed by atoms with E-state index in [9.17, 15) is 5.11 Å². The van der Waals surface area contributed by atoms with Gasteiger partial charge in [0.1, 0.15) is 0 Å². The highest BCUT2D eigenvalue weighted by atomic mass is 16.5. The molecule has 1 aliphatic rings. The van der Waals surface area contributed by atoms with E-state index >= 15 is 0 Å². The zero-order valence-electron chi connectivity index (χ0n) is 9.52. The summed E-state index contributed by atoms with van der Waals surface area (Å²) in [6.07, 6.45) is 6.04. The number of aliphatic hydroxyl groups is 1. The Morgan fingerprint density at radius 2 is 2.38 bits per heavy atom. The van der Waals surface area contributed by atoms with Crippen LogP contribution in [0, 0.1) is 5.92 Å². The number of pyridine rings is 1. The van der Waals surface area contributed by atoms with Crippen molar-refractivity contribution in [2.45, 2.75) is 24.9 Å². The predicted octanol–water partition coefficient (Wildman–Crippen LogP) is 0.994. The van der Waals surface area contributed by atoms with Crippen molar-refractivity contribution in [1.29, 1.82) is 0 Å². The average molecular weight is 222 g/mol. The molecule has 1 saturated carbocycles. The lowest BCUT2D eigenvalue weighted by atomic mass is 9.90. The molecule has 0 spiro atoms. The minimum Gasteiger partial charge on any atom is -0.398 e. The average Bonchev–Trinajstić information content (AvgIpc) is 3.05. The van der Waals surface area contributed by atoms with Crippen molar-refractivity contribution in [3.8, 4) is 0 Å². The maximum absolute atomic E-state index is 10.5. The van der Waals surface area contributed by atoms with E-state index in [1.165, 1.54) is 0 Å². The van der Waals surface area contributed by atoms with Gasteiger partial charge in [0, 0.05) is 31.6 Å². The molecule has 1 unspecified atom stereocenters. The maximum Gasteiger partial charge on any atom is 0.0949 e. The third-order valence-corrected chi connectivity index (χ3v) is 3.17. The van der Waals surface area contributed by atoms with Gasteiger partial charge < -0.3 is 15.6 Å². The number of hydrogen-bond acceptors (Lipinski definition) is 4. The molecular formula is C12H18N2O2. The molecule has 1 heterocycles. The number of methoxy groups -OCH3 is 1. The van der Waals surface area contributed by atoms with Crippen LogP contribution in [0.1, 0.15) is 18.4 Å². The van der Waals surface area contributed by atoms with Crippen LogP contribution >= 0.6 is 0 Å². The molecule has 1 fully saturated rings. The number of hydrogen-bond donors (Lipinski definition) is 2. The Kier molecular flexibility index (Phi) is 3.12. The second kappa shape index (κ2) is 4.39. The van der Waals surface area contributed by atoms with Crippen molar-refractivity contribution < 1.29 is 9.84 Å². The van der Waals surface area contributed by atoms with E-state index in [-0.39, 0.29) is 0 Å². The Hall–Kier alpha value is -1.13. The Bertz CT molecular complexity index is 366. The number of aromatic nitrogens is 1. The molecule has 0 radical (unpaired) electrons. The predicted molar refractivity (Wildman–Crippen MR) is 61.9 cm³/mol. The summed E-state index contributed by atoms with van der Waals surface area (Å²) < 4.78 is 5.11. The summed E-state index contributed by atoms with van der Waals surface area (Å²) in [6, 6.07) is 1.76. The Morgan fingerprint density at radius 3 is 2.94 bits per heavy atom. The second-order valence-electron chi connectivity index (χ2n) is 4.56. The number of nitrogens with two attached hydrogens (primary N) is 1. The molecule has 0 aliphatic heterocycles. The van der Waals surface area contributed by atoms with Crippen LogP contribution in [0.4, 0.5) is 5.69 Å². The first kappa shape index (κ1) is 11.4. The summed E-state index contributed by atoms with van der Waals surface area (Å²) in [5.41, 5.74) is 6.65. The zero-order valence-corrected chi connectivity index (χ0v) is 9.52. The number of nitrogen functional groups attached to an aromatic ring is 1. The van der Waals surface area contributed by atoms with Crippen LogP contribution in [0.25, 0.3) is 0 Å². The van der Waals surface area contributed by atoms with Crippen molar-refractivity contribution in [2.75, 3.05) is 19.5 Å². The van der Waals surface area contributed by atoms with Gasteiger partial charge >= 0.3 is 0 Å². The minimum atomic E-state index is -0.786. The lowest BCUT2D eigenvalue weighted by molar-refractivity contribution is -0.0473. The molecule has 1 aromatic heterocycles. The van der Waals surface area contributed by atoms with E-state index in [0.29, 0.717) is 24.6 Å². The first-order valence-electron chi connectivity index (χ1n) is 5.55. The van der Waals surface area contributed by atoms with Gasteiger partial charge in [-0.1, -0.05) is 0 Å². The molecule has 0 saturated heterocycles. The number of ether oxygens (including phenoxy) is 1. The minimum absolute atomic E-state index is 0.340. The van der Waals surface area contributed by atoms with Gasteiger partial charge in [-0.25, -0.2) is 0 Å². The zero-order chi connectivity index (χ0) is 11.6. The monoisotopic (exact) mass is 222 g/mol. The van der Waals surface area contributed by atoms with Crippen molar-refractivity contribution in [1.82, 2.24) is 4.98 Å². The number of anilines is 1. The summed E-state index contributed by atoms with van der Waals surface area (Å²) >= 11 is 0. The molecule has 3 N–H and O–H groups in total. The summed E-state index contributed by atoms with van der Waals surface area (Å²) in [5.74, 6) is 0.340. The quantitative estimate of drug-likeness (QED) is 0.779. The fourth-order valence-corrected chi connectivity index (χ4v) is 2.10. The second-order valence-corrected chi connectivity index (χ2v) is 4.56. The lowest BCUT2D eigenvalue weighted by Crippen LogP contribution is -2.39. The highest BCUT2D eigenvalue weighted by Gasteiger charge is 2.44. The van der Waals surface area contributed by atoms with Crippen molar-refractivity contribution in [3.05, 3.63) is 24.0 Å². The van der Waals surface area contributed by atoms with E-state index in [0.717, 1.165) is 18.4 Å². The molecule has 4 heteroatoms.